The van der Waals surface area contributed by atoms with Crippen molar-refractivity contribution in [3.05, 3.63) is 0 Å². The van der Waals surface area contributed by atoms with E-state index in [1.165, 1.54) is 0 Å². The van der Waals surface area contributed by atoms with Crippen LogP contribution in [0.2, 0.25) is 0 Å². The lowest BCUT2D eigenvalue weighted by atomic mass is 10.1. The van der Waals surface area contributed by atoms with Crippen LogP contribution in [0, 0.1) is 5.92 Å². The third-order valence-electron chi connectivity index (χ3n) is 2.39. The first-order valence-electron chi connectivity index (χ1n) is 5.97. The molecule has 0 bridgehead atoms. The van der Waals surface area contributed by atoms with Gasteiger partial charge in [-0.25, -0.2) is 0 Å². The average Bonchev–Trinajstić information content (AvgIpc) is 2.17. The predicted octanol–water partition coefficient (Wildman–Crippen LogP) is 2.14. The maximum atomic E-state index is 11.7. The monoisotopic (exact) mass is 229 g/mol. The zero-order chi connectivity index (χ0) is 12.6. The van der Waals surface area contributed by atoms with E-state index in [0.29, 0.717) is 25.4 Å². The van der Waals surface area contributed by atoms with Crippen LogP contribution in [0.5, 0.6) is 0 Å². The van der Waals surface area contributed by atoms with Crippen molar-refractivity contribution in [3.63, 3.8) is 0 Å². The second kappa shape index (κ2) is 8.13. The van der Waals surface area contributed by atoms with Gasteiger partial charge >= 0.3 is 5.97 Å². The van der Waals surface area contributed by atoms with Gasteiger partial charge in [-0.1, -0.05) is 20.8 Å². The van der Waals surface area contributed by atoms with Crippen molar-refractivity contribution in [1.29, 1.82) is 0 Å². The molecule has 0 atom stereocenters. The van der Waals surface area contributed by atoms with Gasteiger partial charge in [0.25, 0.3) is 0 Å². The summed E-state index contributed by atoms with van der Waals surface area (Å²) in [5.74, 6) is -0.245. The molecule has 0 rings (SSSR count). The zero-order valence-electron chi connectivity index (χ0n) is 10.5. The fourth-order valence-corrected chi connectivity index (χ4v) is 1.38. The van der Waals surface area contributed by atoms with Gasteiger partial charge in [-0.2, -0.15) is 0 Å². The van der Waals surface area contributed by atoms with Crippen molar-refractivity contribution in [2.24, 2.45) is 5.92 Å². The normalized spacial score (nSPS) is 10.5. The van der Waals surface area contributed by atoms with Crippen molar-refractivity contribution in [2.45, 2.75) is 46.5 Å². The number of nitrogens with zero attached hydrogens (tertiary/aromatic N) is 1. The number of carbonyl (C=O) groups excluding carboxylic acids is 1. The molecular weight excluding hydrogens is 206 g/mol. The predicted molar refractivity (Wildman–Crippen MR) is 63.2 cm³/mol. The summed E-state index contributed by atoms with van der Waals surface area (Å²) in [4.78, 5) is 23.9. The number of carboxylic acid groups (broad SMARTS) is 1. The number of aliphatic carboxylic acids is 1. The van der Waals surface area contributed by atoms with E-state index >= 15 is 0 Å². The SMILES string of the molecule is CCCC(=O)N(CCC(=O)O)CCC(C)C. The highest BCUT2D eigenvalue weighted by molar-refractivity contribution is 5.76. The maximum Gasteiger partial charge on any atom is 0.305 e. The molecule has 0 unspecified atom stereocenters. The number of carboxylic acids is 1. The molecular formula is C12H23NO3. The summed E-state index contributed by atoms with van der Waals surface area (Å²) in [6.45, 7) is 7.15. The molecule has 0 saturated carbocycles. The third-order valence-corrected chi connectivity index (χ3v) is 2.39. The van der Waals surface area contributed by atoms with Crippen molar-refractivity contribution >= 4 is 11.9 Å². The molecule has 1 amide bonds. The first-order chi connectivity index (χ1) is 7.47. The standard InChI is InChI=1S/C12H23NO3/c1-4-5-11(14)13(8-6-10(2)3)9-7-12(15)16/h10H,4-9H2,1-3H3,(H,15,16). The van der Waals surface area contributed by atoms with Crippen LogP contribution in [0.25, 0.3) is 0 Å². The Labute approximate surface area is 97.6 Å². The molecule has 0 aliphatic carbocycles. The molecule has 0 aliphatic heterocycles. The molecule has 0 aromatic heterocycles. The first-order valence-corrected chi connectivity index (χ1v) is 5.97. The Hall–Kier alpha value is -1.06. The van der Waals surface area contributed by atoms with E-state index in [1.54, 1.807) is 4.90 Å². The molecule has 0 aromatic rings. The third kappa shape index (κ3) is 7.26. The van der Waals surface area contributed by atoms with Crippen LogP contribution < -0.4 is 0 Å². The van der Waals surface area contributed by atoms with E-state index in [9.17, 15) is 9.59 Å². The minimum atomic E-state index is -0.848. The van der Waals surface area contributed by atoms with Gasteiger partial charge in [0, 0.05) is 19.5 Å². The van der Waals surface area contributed by atoms with Crippen molar-refractivity contribution in [2.75, 3.05) is 13.1 Å². The van der Waals surface area contributed by atoms with E-state index in [1.807, 2.05) is 6.92 Å². The van der Waals surface area contributed by atoms with Gasteiger partial charge in [-0.3, -0.25) is 9.59 Å². The summed E-state index contributed by atoms with van der Waals surface area (Å²) in [7, 11) is 0. The quantitative estimate of drug-likeness (QED) is 0.693. The number of hydrogen-bond acceptors (Lipinski definition) is 2. The second-order valence-electron chi connectivity index (χ2n) is 4.46. The largest absolute Gasteiger partial charge is 0.481 e. The van der Waals surface area contributed by atoms with Crippen molar-refractivity contribution < 1.29 is 14.7 Å². The number of carbonyl (C=O) groups is 2. The highest BCUT2D eigenvalue weighted by Gasteiger charge is 2.13. The van der Waals surface area contributed by atoms with Gasteiger partial charge in [0.05, 0.1) is 6.42 Å². The summed E-state index contributed by atoms with van der Waals surface area (Å²) in [5, 5.41) is 8.61. The molecule has 0 fully saturated rings. The molecule has 1 N–H and O–H groups in total. The summed E-state index contributed by atoms with van der Waals surface area (Å²) >= 11 is 0. The van der Waals surface area contributed by atoms with Gasteiger partial charge in [-0.15, -0.1) is 0 Å². The molecule has 0 heterocycles. The van der Waals surface area contributed by atoms with Gasteiger partial charge in [-0.05, 0) is 18.8 Å². The Morgan fingerprint density at radius 1 is 1.19 bits per heavy atom. The van der Waals surface area contributed by atoms with Crippen LogP contribution in [0.15, 0.2) is 0 Å². The van der Waals surface area contributed by atoms with Crippen LogP contribution >= 0.6 is 0 Å². The highest BCUT2D eigenvalue weighted by Crippen LogP contribution is 2.05. The minimum absolute atomic E-state index is 0.0353. The Balaban J connectivity index is 4.14. The minimum Gasteiger partial charge on any atom is -0.481 e. The van der Waals surface area contributed by atoms with Crippen molar-refractivity contribution in [3.8, 4) is 0 Å². The van der Waals surface area contributed by atoms with E-state index in [4.69, 9.17) is 5.11 Å². The molecule has 4 heteroatoms. The van der Waals surface area contributed by atoms with Crippen LogP contribution in [-0.2, 0) is 9.59 Å². The molecule has 0 spiro atoms. The van der Waals surface area contributed by atoms with Crippen LogP contribution in [0.4, 0.5) is 0 Å². The summed E-state index contributed by atoms with van der Waals surface area (Å²) < 4.78 is 0. The van der Waals surface area contributed by atoms with Crippen LogP contribution in [0.1, 0.15) is 46.5 Å². The Morgan fingerprint density at radius 3 is 2.25 bits per heavy atom. The second-order valence-corrected chi connectivity index (χ2v) is 4.46. The Bertz CT molecular complexity index is 226. The Kier molecular flexibility index (Phi) is 7.60. The molecule has 0 aromatic carbocycles. The molecule has 16 heavy (non-hydrogen) atoms. The summed E-state index contributed by atoms with van der Waals surface area (Å²) in [5.41, 5.74) is 0. The number of amides is 1. The van der Waals surface area contributed by atoms with Gasteiger partial charge in [0.15, 0.2) is 0 Å². The molecule has 0 aliphatic rings. The Morgan fingerprint density at radius 2 is 1.81 bits per heavy atom. The van der Waals surface area contributed by atoms with Gasteiger partial charge < -0.3 is 10.0 Å². The van der Waals surface area contributed by atoms with E-state index in [0.717, 1.165) is 12.8 Å². The van der Waals surface area contributed by atoms with Crippen LogP contribution in [0.3, 0.4) is 0 Å². The smallest absolute Gasteiger partial charge is 0.305 e. The fraction of sp³-hybridized carbons (Fsp3) is 0.833. The molecule has 4 nitrogen and oxygen atoms in total. The number of hydrogen-bond donors (Lipinski definition) is 1. The molecule has 94 valence electrons. The van der Waals surface area contributed by atoms with Crippen LogP contribution in [-0.4, -0.2) is 35.0 Å². The first kappa shape index (κ1) is 14.9. The lowest BCUT2D eigenvalue weighted by Crippen LogP contribution is -2.34. The summed E-state index contributed by atoms with van der Waals surface area (Å²) in [6.07, 6.45) is 2.28. The lowest BCUT2D eigenvalue weighted by molar-refractivity contribution is -0.138. The topological polar surface area (TPSA) is 57.6 Å². The number of rotatable bonds is 8. The molecule has 0 radical (unpaired) electrons. The summed E-state index contributed by atoms with van der Waals surface area (Å²) in [6, 6.07) is 0. The van der Waals surface area contributed by atoms with E-state index in [2.05, 4.69) is 13.8 Å². The van der Waals surface area contributed by atoms with E-state index in [-0.39, 0.29) is 12.3 Å². The zero-order valence-corrected chi connectivity index (χ0v) is 10.5. The van der Waals surface area contributed by atoms with E-state index < -0.39 is 5.97 Å². The molecule has 0 saturated heterocycles. The van der Waals surface area contributed by atoms with Gasteiger partial charge in [0.2, 0.25) is 5.91 Å². The average molecular weight is 229 g/mol. The fourth-order valence-electron chi connectivity index (χ4n) is 1.38. The van der Waals surface area contributed by atoms with Crippen molar-refractivity contribution in [1.82, 2.24) is 4.90 Å². The maximum absolute atomic E-state index is 11.7. The lowest BCUT2D eigenvalue weighted by Gasteiger charge is -2.22. The highest BCUT2D eigenvalue weighted by atomic mass is 16.4. The van der Waals surface area contributed by atoms with Gasteiger partial charge in [0.1, 0.15) is 0 Å².